The van der Waals surface area contributed by atoms with Crippen molar-refractivity contribution < 1.29 is 8.83 Å². The van der Waals surface area contributed by atoms with E-state index in [1.165, 1.54) is 38.0 Å². The van der Waals surface area contributed by atoms with Gasteiger partial charge in [0.1, 0.15) is 22.5 Å². The Bertz CT molecular complexity index is 3670. The Morgan fingerprint density at radius 3 is 2.22 bits per heavy atom. The lowest BCUT2D eigenvalue weighted by atomic mass is 9.38. The smallest absolute Gasteiger partial charge is 0.342 e. The molecule has 0 spiro atoms. The predicted molar refractivity (Wildman–Crippen MR) is 223 cm³/mol. The van der Waals surface area contributed by atoms with Gasteiger partial charge in [0.2, 0.25) is 0 Å². The van der Waals surface area contributed by atoms with Crippen LogP contribution in [0.25, 0.3) is 100 Å². The van der Waals surface area contributed by atoms with Gasteiger partial charge in [-0.25, -0.2) is 0 Å². The molecule has 55 heavy (non-hydrogen) atoms. The van der Waals surface area contributed by atoms with Crippen molar-refractivity contribution in [2.45, 2.75) is 12.3 Å². The van der Waals surface area contributed by atoms with E-state index in [1.807, 2.05) is 18.2 Å². The molecule has 5 nitrogen and oxygen atoms in total. The highest BCUT2D eigenvalue weighted by molar-refractivity contribution is 6.99. The number of hydrogen-bond donors (Lipinski definition) is 0. The van der Waals surface area contributed by atoms with Gasteiger partial charge in [-0.15, -0.1) is 0 Å². The molecule has 6 aromatic carbocycles. The SMILES string of the molecule is N#Cc1ccccc1-c1cc2c3c(c1)-n1c4cccc5cccc(c6cccc7oc(c1c76)B3c1oc3cccc6c7c8c(n-2c1c36)C=CCC8C=CC=7)c54. The molecule has 4 aromatic heterocycles. The van der Waals surface area contributed by atoms with Gasteiger partial charge in [-0.2, -0.15) is 5.26 Å². The van der Waals surface area contributed by atoms with Gasteiger partial charge in [0.25, 0.3) is 0 Å². The normalized spacial score (nSPS) is 15.7. The number of nitrogens with zero attached hydrogens (tertiary/aromatic N) is 3. The van der Waals surface area contributed by atoms with Gasteiger partial charge < -0.3 is 18.0 Å². The molecule has 0 saturated heterocycles. The Kier molecular flexibility index (Phi) is 4.97. The molecule has 0 N–H and O–H groups in total. The molecule has 6 heteroatoms. The number of fused-ring (bicyclic) bond motifs is 8. The zero-order valence-corrected chi connectivity index (χ0v) is 29.3. The summed E-state index contributed by atoms with van der Waals surface area (Å²) in [6.07, 6.45) is 12.4. The van der Waals surface area contributed by atoms with Gasteiger partial charge in [0.05, 0.1) is 44.6 Å². The maximum Gasteiger partial charge on any atom is 0.342 e. The maximum atomic E-state index is 10.5. The minimum Gasteiger partial charge on any atom is -0.468 e. The molecule has 0 fully saturated rings. The number of allylic oxidation sites excluding steroid dienone is 3. The molecule has 1 atom stereocenters. The number of hydrogen-bond acceptors (Lipinski definition) is 3. The number of benzene rings is 6. The van der Waals surface area contributed by atoms with Crippen LogP contribution in [-0.2, 0) is 0 Å². The summed E-state index contributed by atoms with van der Waals surface area (Å²) in [6.45, 7) is -0.315. The first-order valence-corrected chi connectivity index (χ1v) is 19.0. The number of rotatable bonds is 1. The molecule has 0 radical (unpaired) electrons. The Balaban J connectivity index is 1.30. The van der Waals surface area contributed by atoms with Crippen molar-refractivity contribution in [3.8, 4) is 28.6 Å². The highest BCUT2D eigenvalue weighted by Crippen LogP contribution is 2.44. The van der Waals surface area contributed by atoms with Crippen LogP contribution in [0.1, 0.15) is 29.2 Å². The number of aromatic nitrogens is 2. The fourth-order valence-electron chi connectivity index (χ4n) is 10.8. The minimum absolute atomic E-state index is 0.260. The average Bonchev–Trinajstić information content (AvgIpc) is 3.74. The van der Waals surface area contributed by atoms with E-state index in [9.17, 15) is 5.26 Å². The largest absolute Gasteiger partial charge is 0.468 e. The van der Waals surface area contributed by atoms with Crippen molar-refractivity contribution in [2.24, 2.45) is 0 Å². The van der Waals surface area contributed by atoms with Crippen molar-refractivity contribution in [2.75, 3.05) is 0 Å². The Hall–Kier alpha value is -7.23. The van der Waals surface area contributed by atoms with Crippen LogP contribution >= 0.6 is 0 Å². The lowest BCUT2D eigenvalue weighted by Gasteiger charge is -2.33. The van der Waals surface area contributed by atoms with E-state index in [2.05, 4.69) is 137 Å². The first-order chi connectivity index (χ1) is 27.3. The summed E-state index contributed by atoms with van der Waals surface area (Å²) in [5.74, 6) is 0.260. The molecule has 1 unspecified atom stereocenters. The fraction of sp³-hybridized carbons (Fsp3) is 0.0408. The van der Waals surface area contributed by atoms with Crippen LogP contribution < -0.4 is 22.0 Å². The van der Waals surface area contributed by atoms with E-state index >= 15 is 0 Å². The molecule has 14 rings (SSSR count). The molecule has 252 valence electrons. The molecule has 2 aliphatic heterocycles. The second-order valence-corrected chi connectivity index (χ2v) is 15.4. The van der Waals surface area contributed by atoms with E-state index in [4.69, 9.17) is 8.83 Å². The van der Waals surface area contributed by atoms with Gasteiger partial charge in [0, 0.05) is 22.7 Å². The summed E-state index contributed by atoms with van der Waals surface area (Å²) in [5.41, 5.74) is 15.1. The van der Waals surface area contributed by atoms with Gasteiger partial charge in [-0.1, -0.05) is 97.1 Å². The molecule has 6 heterocycles. The summed E-state index contributed by atoms with van der Waals surface area (Å²) >= 11 is 0. The van der Waals surface area contributed by atoms with E-state index in [0.717, 1.165) is 89.6 Å². The van der Waals surface area contributed by atoms with Crippen molar-refractivity contribution in [3.63, 3.8) is 0 Å². The number of nitriles is 1. The average molecular weight is 700 g/mol. The van der Waals surface area contributed by atoms with E-state index in [-0.39, 0.29) is 12.6 Å². The predicted octanol–water partition coefficient (Wildman–Crippen LogP) is 9.19. The van der Waals surface area contributed by atoms with Crippen molar-refractivity contribution in [1.82, 2.24) is 9.13 Å². The Morgan fingerprint density at radius 1 is 0.709 bits per heavy atom. The third kappa shape index (κ3) is 3.25. The standard InChI is InChI=1S/C49H26BN3O2/c51-25-28-9-1-2-14-30(28)29-23-37-45-38(24-29)53-36-20-6-13-27-11-4-16-32(42(27)36)34-18-8-22-40-44(34)47(53)49(55-40)50(45)48-46-43-33(17-7-21-39(43)54-48)31-15-3-10-26-12-5-19-35(41(26)31)52(37)46/h1-12,14-24,27H,13H2. The van der Waals surface area contributed by atoms with Crippen molar-refractivity contribution in [1.29, 1.82) is 5.26 Å². The summed E-state index contributed by atoms with van der Waals surface area (Å²) in [7, 11) is 0. The number of furan rings is 2. The topological polar surface area (TPSA) is 59.9 Å². The molecule has 0 amide bonds. The molecule has 0 saturated carbocycles. The van der Waals surface area contributed by atoms with Crippen LogP contribution in [0.3, 0.4) is 0 Å². The summed E-state index contributed by atoms with van der Waals surface area (Å²) in [6, 6.07) is 41.3. The van der Waals surface area contributed by atoms with Crippen molar-refractivity contribution in [3.05, 3.63) is 149 Å². The minimum atomic E-state index is -0.315. The third-order valence-corrected chi connectivity index (χ3v) is 12.8. The van der Waals surface area contributed by atoms with Crippen molar-refractivity contribution >= 4 is 101 Å². The molecule has 0 bridgehead atoms. The van der Waals surface area contributed by atoms with Crippen LogP contribution in [-0.4, -0.2) is 15.8 Å². The lowest BCUT2D eigenvalue weighted by molar-refractivity contribution is 0.638. The van der Waals surface area contributed by atoms with Gasteiger partial charge in [-0.05, 0) is 97.8 Å². The van der Waals surface area contributed by atoms with E-state index in [1.54, 1.807) is 0 Å². The third-order valence-electron chi connectivity index (χ3n) is 12.8. The Morgan fingerprint density at radius 2 is 1.40 bits per heavy atom. The molecule has 4 aliphatic rings. The van der Waals surface area contributed by atoms with Crippen LogP contribution in [0.2, 0.25) is 0 Å². The monoisotopic (exact) mass is 699 g/mol. The Labute approximate surface area is 313 Å². The first kappa shape index (κ1) is 28.3. The van der Waals surface area contributed by atoms with E-state index < -0.39 is 0 Å². The molecular weight excluding hydrogens is 673 g/mol. The summed E-state index contributed by atoms with van der Waals surface area (Å²) in [5, 5.41) is 19.9. The quantitative estimate of drug-likeness (QED) is 0.161. The molecule has 10 aromatic rings. The van der Waals surface area contributed by atoms with Crippen LogP contribution in [0, 0.1) is 11.3 Å². The first-order valence-electron chi connectivity index (χ1n) is 19.0. The highest BCUT2D eigenvalue weighted by Gasteiger charge is 2.46. The molecule has 2 aliphatic carbocycles. The molecular formula is C49H26BN3O2. The fourth-order valence-corrected chi connectivity index (χ4v) is 10.8. The zero-order valence-electron chi connectivity index (χ0n) is 29.3. The van der Waals surface area contributed by atoms with Crippen LogP contribution in [0.5, 0.6) is 0 Å². The summed E-state index contributed by atoms with van der Waals surface area (Å²) < 4.78 is 19.3. The zero-order chi connectivity index (χ0) is 35.7. The van der Waals surface area contributed by atoms with Gasteiger partial charge >= 0.3 is 6.71 Å². The lowest BCUT2D eigenvalue weighted by Crippen LogP contribution is -2.59. The maximum absolute atomic E-state index is 10.5. The van der Waals surface area contributed by atoms with Gasteiger partial charge in [0.15, 0.2) is 0 Å². The highest BCUT2D eigenvalue weighted by atomic mass is 16.3. The summed E-state index contributed by atoms with van der Waals surface area (Å²) in [4.78, 5) is 0. The van der Waals surface area contributed by atoms with E-state index in [0.29, 0.717) is 5.56 Å². The second-order valence-electron chi connectivity index (χ2n) is 15.4. The van der Waals surface area contributed by atoms with Crippen LogP contribution in [0.4, 0.5) is 0 Å². The van der Waals surface area contributed by atoms with Gasteiger partial charge in [-0.3, -0.25) is 0 Å². The van der Waals surface area contributed by atoms with Crippen LogP contribution in [0.15, 0.2) is 136 Å². The second kappa shape index (κ2) is 9.65.